The fourth-order valence-electron chi connectivity index (χ4n) is 6.11. The molecule has 0 bridgehead atoms. The van der Waals surface area contributed by atoms with Crippen LogP contribution in [0.1, 0.15) is 117 Å². The van der Waals surface area contributed by atoms with E-state index in [1.807, 2.05) is 6.92 Å². The predicted octanol–water partition coefficient (Wildman–Crippen LogP) is 8.31. The van der Waals surface area contributed by atoms with Crippen LogP contribution in [0.5, 0.6) is 0 Å². The molecule has 2 aliphatic rings. The van der Waals surface area contributed by atoms with Gasteiger partial charge < -0.3 is 19.5 Å². The standard InChI is InChI=1S/C31H53F4NO5/c1-4-6-17-39-19-20-40-28(37)23(3)26-12-8-24(9-13-26)21-25-10-14-27(15-11-25)36-29(38)41-18-7-16-31(34,35)22-30(32,33)5-2/h23-27H,4-22H2,1-3H3,(H,36,38). The van der Waals surface area contributed by atoms with Crippen LogP contribution in [0.4, 0.5) is 22.4 Å². The third-order valence-corrected chi connectivity index (χ3v) is 8.87. The fraction of sp³-hybridized carbons (Fsp3) is 0.935. The summed E-state index contributed by atoms with van der Waals surface area (Å²) in [6.07, 6.45) is 7.72. The minimum Gasteiger partial charge on any atom is -0.463 e. The number of unbranched alkanes of at least 4 members (excludes halogenated alkanes) is 1. The highest BCUT2D eigenvalue weighted by Crippen LogP contribution is 2.39. The second kappa shape index (κ2) is 18.2. The van der Waals surface area contributed by atoms with Crippen LogP contribution in [-0.4, -0.2) is 56.4 Å². The maximum Gasteiger partial charge on any atom is 0.407 e. The van der Waals surface area contributed by atoms with Crippen LogP contribution >= 0.6 is 0 Å². The molecule has 6 nitrogen and oxygen atoms in total. The highest BCUT2D eigenvalue weighted by atomic mass is 19.3. The molecule has 0 aromatic heterocycles. The molecule has 0 aromatic rings. The molecule has 2 rings (SSSR count). The maximum atomic E-state index is 13.7. The van der Waals surface area contributed by atoms with Crippen molar-refractivity contribution in [3.8, 4) is 0 Å². The van der Waals surface area contributed by atoms with Crippen molar-refractivity contribution in [2.45, 2.75) is 135 Å². The van der Waals surface area contributed by atoms with Gasteiger partial charge in [0.25, 0.3) is 11.8 Å². The number of halogens is 4. The monoisotopic (exact) mass is 595 g/mol. The maximum absolute atomic E-state index is 13.7. The van der Waals surface area contributed by atoms with Crippen molar-refractivity contribution in [1.82, 2.24) is 5.32 Å². The molecular weight excluding hydrogens is 542 g/mol. The molecule has 0 heterocycles. The highest BCUT2D eigenvalue weighted by Gasteiger charge is 2.41. The van der Waals surface area contributed by atoms with Crippen molar-refractivity contribution in [3.05, 3.63) is 0 Å². The zero-order valence-corrected chi connectivity index (χ0v) is 25.4. The third kappa shape index (κ3) is 14.4. The summed E-state index contributed by atoms with van der Waals surface area (Å²) in [6, 6.07) is 0.00285. The Morgan fingerprint density at radius 1 is 0.805 bits per heavy atom. The summed E-state index contributed by atoms with van der Waals surface area (Å²) in [5.74, 6) is -5.43. The van der Waals surface area contributed by atoms with Gasteiger partial charge in [-0.1, -0.05) is 40.0 Å². The summed E-state index contributed by atoms with van der Waals surface area (Å²) < 4.78 is 69.8. The van der Waals surface area contributed by atoms with E-state index in [0.29, 0.717) is 37.6 Å². The van der Waals surface area contributed by atoms with E-state index < -0.39 is 37.2 Å². The van der Waals surface area contributed by atoms with Crippen molar-refractivity contribution in [1.29, 1.82) is 0 Å². The molecule has 1 unspecified atom stereocenters. The zero-order valence-electron chi connectivity index (χ0n) is 25.4. The van der Waals surface area contributed by atoms with Gasteiger partial charge in [0.05, 0.1) is 25.6 Å². The van der Waals surface area contributed by atoms with Crippen molar-refractivity contribution in [3.63, 3.8) is 0 Å². The Bertz CT molecular complexity index is 753. The quantitative estimate of drug-likeness (QED) is 0.0980. The average Bonchev–Trinajstić information content (AvgIpc) is 2.93. The van der Waals surface area contributed by atoms with Crippen LogP contribution in [-0.2, 0) is 19.0 Å². The highest BCUT2D eigenvalue weighted by molar-refractivity contribution is 5.72. The first-order valence-electron chi connectivity index (χ1n) is 15.9. The molecule has 1 N–H and O–H groups in total. The molecule has 0 saturated heterocycles. The Kier molecular flexibility index (Phi) is 15.8. The number of carbonyl (C=O) groups is 2. The van der Waals surface area contributed by atoms with Crippen molar-refractivity contribution in [2.75, 3.05) is 26.4 Å². The van der Waals surface area contributed by atoms with E-state index >= 15 is 0 Å². The number of nitrogens with one attached hydrogen (secondary N) is 1. The average molecular weight is 596 g/mol. The molecular formula is C31H53F4NO5. The number of carbonyl (C=O) groups excluding carboxylic acids is 2. The topological polar surface area (TPSA) is 73.9 Å². The van der Waals surface area contributed by atoms with E-state index in [2.05, 4.69) is 12.2 Å². The normalized spacial score (nSPS) is 24.5. The smallest absolute Gasteiger partial charge is 0.407 e. The number of hydrogen-bond acceptors (Lipinski definition) is 5. The number of rotatable bonds is 18. The SMILES string of the molecule is CCCCOCCOC(=O)C(C)C1CCC(CC2CCC(NC(=O)OCCCC(F)(F)CC(F)(F)CC)CC2)CC1. The molecule has 2 fully saturated rings. The molecule has 0 spiro atoms. The lowest BCUT2D eigenvalue weighted by Crippen LogP contribution is -2.38. The lowest BCUT2D eigenvalue weighted by atomic mass is 9.72. The molecule has 240 valence electrons. The van der Waals surface area contributed by atoms with Crippen LogP contribution in [0.3, 0.4) is 0 Å². The number of amides is 1. The van der Waals surface area contributed by atoms with Gasteiger partial charge in [-0.2, -0.15) is 0 Å². The van der Waals surface area contributed by atoms with Crippen LogP contribution in [0.2, 0.25) is 0 Å². The minimum absolute atomic E-state index is 0.00285. The van der Waals surface area contributed by atoms with E-state index in [9.17, 15) is 27.2 Å². The number of hydrogen-bond donors (Lipinski definition) is 1. The van der Waals surface area contributed by atoms with Crippen molar-refractivity contribution < 1.29 is 41.4 Å². The molecule has 1 atom stereocenters. The molecule has 0 radical (unpaired) electrons. The Labute approximate surface area is 244 Å². The largest absolute Gasteiger partial charge is 0.463 e. The van der Waals surface area contributed by atoms with Gasteiger partial charge in [-0.05, 0) is 75.5 Å². The van der Waals surface area contributed by atoms with Crippen LogP contribution < -0.4 is 5.32 Å². The number of alkyl carbamates (subject to hydrolysis) is 1. The van der Waals surface area contributed by atoms with Gasteiger partial charge in [0.1, 0.15) is 6.61 Å². The molecule has 41 heavy (non-hydrogen) atoms. The molecule has 0 aliphatic heterocycles. The minimum atomic E-state index is -3.48. The van der Waals surface area contributed by atoms with E-state index in [1.165, 1.54) is 13.3 Å². The van der Waals surface area contributed by atoms with Gasteiger partial charge in [-0.3, -0.25) is 4.79 Å². The lowest BCUT2D eigenvalue weighted by molar-refractivity contribution is -0.152. The predicted molar refractivity (Wildman–Crippen MR) is 150 cm³/mol. The van der Waals surface area contributed by atoms with E-state index in [0.717, 1.165) is 64.2 Å². The Morgan fingerprint density at radius 3 is 2.05 bits per heavy atom. The van der Waals surface area contributed by atoms with Gasteiger partial charge in [-0.25, -0.2) is 22.4 Å². The first-order valence-corrected chi connectivity index (χ1v) is 15.9. The molecule has 2 saturated carbocycles. The molecule has 1 amide bonds. The lowest BCUT2D eigenvalue weighted by Gasteiger charge is -2.35. The van der Waals surface area contributed by atoms with E-state index in [-0.39, 0.29) is 31.0 Å². The summed E-state index contributed by atoms with van der Waals surface area (Å²) in [5, 5.41) is 2.82. The summed E-state index contributed by atoms with van der Waals surface area (Å²) in [7, 11) is 0. The van der Waals surface area contributed by atoms with Crippen LogP contribution in [0.15, 0.2) is 0 Å². The van der Waals surface area contributed by atoms with Crippen molar-refractivity contribution >= 4 is 12.1 Å². The molecule has 2 aliphatic carbocycles. The zero-order chi connectivity index (χ0) is 30.3. The number of ether oxygens (including phenoxy) is 3. The third-order valence-electron chi connectivity index (χ3n) is 8.87. The second-order valence-corrected chi connectivity index (χ2v) is 12.3. The summed E-state index contributed by atoms with van der Waals surface area (Å²) in [6.45, 7) is 6.53. The summed E-state index contributed by atoms with van der Waals surface area (Å²) in [5.41, 5.74) is 0. The van der Waals surface area contributed by atoms with Gasteiger partial charge in [0, 0.05) is 25.5 Å². The van der Waals surface area contributed by atoms with Crippen LogP contribution in [0.25, 0.3) is 0 Å². The molecule has 0 aromatic carbocycles. The van der Waals surface area contributed by atoms with E-state index in [4.69, 9.17) is 14.2 Å². The van der Waals surface area contributed by atoms with Gasteiger partial charge in [-0.15, -0.1) is 0 Å². The van der Waals surface area contributed by atoms with Gasteiger partial charge >= 0.3 is 12.1 Å². The first-order chi connectivity index (χ1) is 19.4. The first kappa shape index (κ1) is 35.6. The molecule has 10 heteroatoms. The second-order valence-electron chi connectivity index (χ2n) is 12.3. The van der Waals surface area contributed by atoms with E-state index in [1.54, 1.807) is 0 Å². The van der Waals surface area contributed by atoms with Gasteiger partial charge in [0.15, 0.2) is 0 Å². The van der Waals surface area contributed by atoms with Crippen molar-refractivity contribution in [2.24, 2.45) is 23.7 Å². The summed E-state index contributed by atoms with van der Waals surface area (Å²) in [4.78, 5) is 24.5. The number of esters is 1. The Balaban J connectivity index is 1.55. The number of alkyl halides is 4. The Hall–Kier alpha value is -1.58. The summed E-state index contributed by atoms with van der Waals surface area (Å²) >= 11 is 0. The Morgan fingerprint density at radius 2 is 1.44 bits per heavy atom. The van der Waals surface area contributed by atoms with Gasteiger partial charge in [0.2, 0.25) is 0 Å². The van der Waals surface area contributed by atoms with Crippen LogP contribution in [0, 0.1) is 23.7 Å². The fourth-order valence-corrected chi connectivity index (χ4v) is 6.11.